The number of fused-ring (bicyclic) bond motifs is 1. The zero-order valence-electron chi connectivity index (χ0n) is 23.9. The van der Waals surface area contributed by atoms with Crippen molar-refractivity contribution in [1.82, 2.24) is 0 Å². The van der Waals surface area contributed by atoms with E-state index in [9.17, 15) is 4.79 Å². The summed E-state index contributed by atoms with van der Waals surface area (Å²) < 4.78 is 54.8. The van der Waals surface area contributed by atoms with Gasteiger partial charge in [0.2, 0.25) is 0 Å². The van der Waals surface area contributed by atoms with Gasteiger partial charge < -0.3 is 9.47 Å². The Bertz CT molecular complexity index is 1370. The van der Waals surface area contributed by atoms with Gasteiger partial charge in [-0.3, -0.25) is 0 Å². The normalized spacial score (nSPS) is 31.7. The van der Waals surface area contributed by atoms with Crippen LogP contribution in [0.1, 0.15) is 62.7 Å². The molecule has 3 nitrogen and oxygen atoms in total. The molecular formula is C29H30O3. The summed E-state index contributed by atoms with van der Waals surface area (Å²) in [5.74, 6) is 1.70. The van der Waals surface area contributed by atoms with Crippen molar-refractivity contribution in [2.24, 2.45) is 17.8 Å². The van der Waals surface area contributed by atoms with E-state index in [2.05, 4.69) is 10.8 Å². The molecule has 32 heavy (non-hydrogen) atoms. The van der Waals surface area contributed by atoms with Gasteiger partial charge in [-0.1, -0.05) is 24.3 Å². The van der Waals surface area contributed by atoms with Gasteiger partial charge in [0.1, 0.15) is 5.75 Å². The minimum Gasteiger partial charge on any atom is -0.496 e. The average molecular weight is 433 g/mol. The molecule has 3 aromatic carbocycles. The Morgan fingerprint density at radius 1 is 0.844 bits per heavy atom. The molecule has 0 unspecified atom stereocenters. The minimum atomic E-state index is -2.79. The Morgan fingerprint density at radius 3 is 2.22 bits per heavy atom. The van der Waals surface area contributed by atoms with E-state index in [1.807, 2.05) is 30.3 Å². The highest BCUT2D eigenvalue weighted by molar-refractivity contribution is 5.96. The molecule has 0 N–H and O–H groups in total. The zero-order chi connectivity index (χ0) is 26.9. The van der Waals surface area contributed by atoms with E-state index < -0.39 is 20.0 Å². The third kappa shape index (κ3) is 3.13. The van der Waals surface area contributed by atoms with Gasteiger partial charge in [0.25, 0.3) is 0 Å². The number of ether oxygens (including phenoxy) is 2. The molecule has 4 aliphatic carbocycles. The first kappa shape index (κ1) is 14.4. The molecule has 0 aliphatic heterocycles. The van der Waals surface area contributed by atoms with Crippen molar-refractivity contribution < 1.29 is 22.5 Å². The van der Waals surface area contributed by atoms with Gasteiger partial charge in [-0.2, -0.15) is 0 Å². The van der Waals surface area contributed by atoms with E-state index in [4.69, 9.17) is 13.0 Å². The van der Waals surface area contributed by atoms with Crippen LogP contribution in [0, 0.1) is 17.8 Å². The van der Waals surface area contributed by atoms with Gasteiger partial charge in [-0.05, 0) is 114 Å². The first-order valence-corrected chi connectivity index (χ1v) is 11.5. The smallest absolute Gasteiger partial charge is 0.337 e. The highest BCUT2D eigenvalue weighted by atomic mass is 16.5. The SMILES string of the molecule is [2H]C([2H])([2H])OC(=O)c1ccc2cc(-c3ccc(OC([2H])([2H])[2H])c(C45CC6CC(CC(C6)C4)C5)c3)ccc2c1. The fraction of sp³-hybridized carbons (Fsp3) is 0.414. The maximum atomic E-state index is 12.2. The number of rotatable bonds is 4. The van der Waals surface area contributed by atoms with Crippen molar-refractivity contribution in [2.45, 2.75) is 43.9 Å². The van der Waals surface area contributed by atoms with Crippen LogP contribution < -0.4 is 4.74 Å². The van der Waals surface area contributed by atoms with Crippen LogP contribution in [-0.4, -0.2) is 20.0 Å². The fourth-order valence-corrected chi connectivity index (χ4v) is 7.26. The van der Waals surface area contributed by atoms with Crippen LogP contribution >= 0.6 is 0 Å². The lowest BCUT2D eigenvalue weighted by molar-refractivity contribution is -0.00613. The van der Waals surface area contributed by atoms with Crippen molar-refractivity contribution in [2.75, 3.05) is 14.1 Å². The molecule has 4 aliphatic rings. The average Bonchev–Trinajstić information content (AvgIpc) is 2.80. The summed E-state index contributed by atoms with van der Waals surface area (Å²) >= 11 is 0. The Morgan fingerprint density at radius 2 is 1.50 bits per heavy atom. The number of carbonyl (C=O) groups excluding carboxylic acids is 1. The van der Waals surface area contributed by atoms with Crippen LogP contribution in [0.3, 0.4) is 0 Å². The monoisotopic (exact) mass is 432 g/mol. The lowest BCUT2D eigenvalue weighted by Gasteiger charge is -2.57. The summed E-state index contributed by atoms with van der Waals surface area (Å²) in [6.45, 7) is 0. The van der Waals surface area contributed by atoms with Crippen LogP contribution in [0.4, 0.5) is 0 Å². The van der Waals surface area contributed by atoms with Gasteiger partial charge in [0.05, 0.1) is 27.9 Å². The second kappa shape index (κ2) is 7.37. The molecule has 0 radical (unpaired) electrons. The number of benzene rings is 3. The van der Waals surface area contributed by atoms with Crippen LogP contribution in [0.5, 0.6) is 5.75 Å². The zero-order valence-corrected chi connectivity index (χ0v) is 17.9. The fourth-order valence-electron chi connectivity index (χ4n) is 7.26. The van der Waals surface area contributed by atoms with E-state index in [-0.39, 0.29) is 11.0 Å². The molecule has 0 atom stereocenters. The first-order chi connectivity index (χ1) is 17.9. The van der Waals surface area contributed by atoms with Gasteiger partial charge in [0.15, 0.2) is 0 Å². The molecule has 0 amide bonds. The summed E-state index contributed by atoms with van der Waals surface area (Å²) in [5.41, 5.74) is 3.12. The molecule has 3 aromatic rings. The third-order valence-electron chi connectivity index (χ3n) is 8.20. The lowest BCUT2D eigenvalue weighted by Crippen LogP contribution is -2.48. The number of hydrogen-bond acceptors (Lipinski definition) is 3. The second-order valence-corrected chi connectivity index (χ2v) is 10.2. The van der Waals surface area contributed by atoms with Crippen molar-refractivity contribution in [3.8, 4) is 16.9 Å². The topological polar surface area (TPSA) is 35.5 Å². The summed E-state index contributed by atoms with van der Waals surface area (Å²) in [5, 5.41) is 1.68. The van der Waals surface area contributed by atoms with Crippen LogP contribution in [0.15, 0.2) is 54.6 Å². The molecule has 0 heterocycles. The van der Waals surface area contributed by atoms with E-state index in [0.29, 0.717) is 23.5 Å². The van der Waals surface area contributed by atoms with Crippen molar-refractivity contribution in [1.29, 1.82) is 0 Å². The Hall–Kier alpha value is -2.81. The lowest BCUT2D eigenvalue weighted by atomic mass is 9.48. The van der Waals surface area contributed by atoms with Gasteiger partial charge in [0, 0.05) is 5.56 Å². The number of carbonyl (C=O) groups is 1. The van der Waals surface area contributed by atoms with Crippen LogP contribution in [0.2, 0.25) is 0 Å². The summed E-state index contributed by atoms with van der Waals surface area (Å²) in [6, 6.07) is 16.7. The Labute approximate surface area is 198 Å². The number of esters is 1. The summed E-state index contributed by atoms with van der Waals surface area (Å²) in [6.07, 6.45) is 7.15. The molecule has 164 valence electrons. The van der Waals surface area contributed by atoms with Crippen LogP contribution in [0.25, 0.3) is 21.9 Å². The second-order valence-electron chi connectivity index (χ2n) is 10.2. The molecular weight excluding hydrogens is 396 g/mol. The van der Waals surface area contributed by atoms with Crippen molar-refractivity contribution in [3.63, 3.8) is 0 Å². The standard InChI is InChI=1S/C29H30O3/c1-31-27-8-7-24(14-26(27)29-15-18-9-19(16-29)11-20(10-18)17-29)22-3-4-23-13-25(28(30)32-2)6-5-21(23)12-22/h3-8,12-14,18-20H,9-11,15-17H2,1-2H3/i1D3,2D3. The summed E-state index contributed by atoms with van der Waals surface area (Å²) in [4.78, 5) is 12.2. The Balaban J connectivity index is 1.37. The van der Waals surface area contributed by atoms with Crippen LogP contribution in [-0.2, 0) is 10.2 Å². The molecule has 0 spiro atoms. The highest BCUT2D eigenvalue weighted by Crippen LogP contribution is 2.62. The molecule has 4 fully saturated rings. The highest BCUT2D eigenvalue weighted by Gasteiger charge is 2.52. The quantitative estimate of drug-likeness (QED) is 0.427. The van der Waals surface area contributed by atoms with Gasteiger partial charge >= 0.3 is 5.97 Å². The minimum absolute atomic E-state index is 0.0414. The van der Waals surface area contributed by atoms with Gasteiger partial charge in [-0.25, -0.2) is 4.79 Å². The third-order valence-corrected chi connectivity index (χ3v) is 8.20. The largest absolute Gasteiger partial charge is 0.496 e. The first-order valence-electron chi connectivity index (χ1n) is 14.5. The molecule has 4 bridgehead atoms. The maximum Gasteiger partial charge on any atom is 0.337 e. The number of methoxy groups -OCH3 is 2. The maximum absolute atomic E-state index is 12.2. The van der Waals surface area contributed by atoms with E-state index in [1.165, 1.54) is 19.3 Å². The molecule has 0 saturated heterocycles. The Kier molecular flexibility index (Phi) is 3.31. The molecule has 4 saturated carbocycles. The molecule has 7 rings (SSSR count). The predicted octanol–water partition coefficient (Wildman–Crippen LogP) is 6.77. The predicted molar refractivity (Wildman–Crippen MR) is 127 cm³/mol. The molecule has 0 aromatic heterocycles. The van der Waals surface area contributed by atoms with E-state index >= 15 is 0 Å². The van der Waals surface area contributed by atoms with E-state index in [0.717, 1.165) is 46.7 Å². The summed E-state index contributed by atoms with van der Waals surface area (Å²) in [7, 11) is -5.31. The van der Waals surface area contributed by atoms with Crippen molar-refractivity contribution >= 4 is 16.7 Å². The van der Waals surface area contributed by atoms with Crippen molar-refractivity contribution in [3.05, 3.63) is 65.7 Å². The van der Waals surface area contributed by atoms with E-state index in [1.54, 1.807) is 18.2 Å². The van der Waals surface area contributed by atoms with Gasteiger partial charge in [-0.15, -0.1) is 0 Å². The molecule has 3 heteroatoms. The number of hydrogen-bond donors (Lipinski definition) is 0.